The minimum Gasteiger partial charge on any atom is -0.384 e. The third-order valence-corrected chi connectivity index (χ3v) is 3.04. The topological polar surface area (TPSA) is 82.5 Å². The van der Waals surface area contributed by atoms with Crippen molar-refractivity contribution in [2.45, 2.75) is 12.5 Å². The number of likely N-dealkylation sites (N-methyl/N-ethyl adjacent to an activating group) is 1. The van der Waals surface area contributed by atoms with Crippen molar-refractivity contribution in [3.63, 3.8) is 0 Å². The van der Waals surface area contributed by atoms with E-state index in [0.29, 0.717) is 18.5 Å². The molecule has 1 saturated heterocycles. The zero-order valence-corrected chi connectivity index (χ0v) is 11.1. The van der Waals surface area contributed by atoms with E-state index in [4.69, 9.17) is 5.11 Å². The predicted molar refractivity (Wildman–Crippen MR) is 71.7 cm³/mol. The van der Waals surface area contributed by atoms with E-state index in [-0.39, 0.29) is 24.1 Å². The Balaban J connectivity index is 2.01. The molecule has 1 fully saturated rings. The number of carbonyl (C=O) groups excluding carboxylic acids is 2. The molecular formula is C14H15N3O3. The fourth-order valence-electron chi connectivity index (χ4n) is 1.93. The summed E-state index contributed by atoms with van der Waals surface area (Å²) in [6.07, 6.45) is 2.07. The molecule has 6 heteroatoms. The molecule has 1 unspecified atom stereocenters. The second kappa shape index (κ2) is 6.17. The van der Waals surface area contributed by atoms with Crippen LogP contribution in [-0.2, 0) is 4.79 Å². The molecule has 1 aliphatic heterocycles. The Bertz CT molecular complexity index is 572. The Labute approximate surface area is 116 Å². The molecule has 2 rings (SSSR count). The average molecular weight is 273 g/mol. The van der Waals surface area contributed by atoms with Gasteiger partial charge in [0.05, 0.1) is 0 Å². The van der Waals surface area contributed by atoms with Crippen LogP contribution in [0.2, 0.25) is 0 Å². The van der Waals surface area contributed by atoms with Gasteiger partial charge in [0.15, 0.2) is 0 Å². The molecule has 2 heterocycles. The van der Waals surface area contributed by atoms with Crippen LogP contribution in [0.4, 0.5) is 0 Å². The van der Waals surface area contributed by atoms with Gasteiger partial charge in [-0.2, -0.15) is 0 Å². The fraction of sp³-hybridized carbons (Fsp3) is 0.357. The van der Waals surface area contributed by atoms with Crippen LogP contribution in [0.25, 0.3) is 0 Å². The van der Waals surface area contributed by atoms with E-state index in [1.54, 1.807) is 24.1 Å². The van der Waals surface area contributed by atoms with Gasteiger partial charge >= 0.3 is 0 Å². The number of amides is 2. The van der Waals surface area contributed by atoms with E-state index in [0.717, 1.165) is 0 Å². The minimum absolute atomic E-state index is 0.0798. The van der Waals surface area contributed by atoms with Crippen LogP contribution in [0.1, 0.15) is 22.5 Å². The lowest BCUT2D eigenvalue weighted by Gasteiger charge is -2.11. The molecular weight excluding hydrogens is 258 g/mol. The molecule has 6 nitrogen and oxygen atoms in total. The van der Waals surface area contributed by atoms with Gasteiger partial charge in [-0.15, -0.1) is 0 Å². The number of nitrogens with zero attached hydrogens (tertiary/aromatic N) is 2. The summed E-state index contributed by atoms with van der Waals surface area (Å²) in [6.45, 7) is 0.423. The second-order valence-electron chi connectivity index (χ2n) is 4.47. The highest BCUT2D eigenvalue weighted by molar-refractivity contribution is 5.96. The van der Waals surface area contributed by atoms with Crippen molar-refractivity contribution >= 4 is 11.8 Å². The summed E-state index contributed by atoms with van der Waals surface area (Å²) in [5.41, 5.74) is 0.856. The third kappa shape index (κ3) is 3.13. The fourth-order valence-corrected chi connectivity index (χ4v) is 1.93. The largest absolute Gasteiger partial charge is 0.384 e. The summed E-state index contributed by atoms with van der Waals surface area (Å²) >= 11 is 0. The molecule has 0 radical (unpaired) electrons. The van der Waals surface area contributed by atoms with Crippen molar-refractivity contribution in [2.75, 3.05) is 20.2 Å². The number of carbonyl (C=O) groups is 2. The smallest absolute Gasteiger partial charge is 0.270 e. The molecule has 2 amide bonds. The standard InChI is InChI=1S/C14H15N3O3/c1-17-7-6-12(14(17)20)16-13(19)11-5-4-10(9-15-11)3-2-8-18/h4-5,9,12,18H,6-8H2,1H3,(H,16,19). The molecule has 0 bridgehead atoms. The molecule has 1 aromatic rings. The first kappa shape index (κ1) is 14.0. The Morgan fingerprint density at radius 3 is 2.95 bits per heavy atom. The quantitative estimate of drug-likeness (QED) is 0.704. The van der Waals surface area contributed by atoms with E-state index >= 15 is 0 Å². The maximum absolute atomic E-state index is 12.0. The van der Waals surface area contributed by atoms with E-state index in [2.05, 4.69) is 22.1 Å². The highest BCUT2D eigenvalue weighted by Gasteiger charge is 2.30. The zero-order chi connectivity index (χ0) is 14.5. The van der Waals surface area contributed by atoms with Crippen LogP contribution in [0.15, 0.2) is 18.3 Å². The maximum Gasteiger partial charge on any atom is 0.270 e. The lowest BCUT2D eigenvalue weighted by atomic mass is 10.2. The van der Waals surface area contributed by atoms with Gasteiger partial charge in [-0.05, 0) is 18.6 Å². The monoisotopic (exact) mass is 273 g/mol. The molecule has 1 aliphatic rings. The van der Waals surface area contributed by atoms with Gasteiger partial charge in [0.1, 0.15) is 18.3 Å². The maximum atomic E-state index is 12.0. The molecule has 20 heavy (non-hydrogen) atoms. The highest BCUT2D eigenvalue weighted by Crippen LogP contribution is 2.09. The number of aromatic nitrogens is 1. The van der Waals surface area contributed by atoms with Crippen molar-refractivity contribution in [2.24, 2.45) is 0 Å². The van der Waals surface area contributed by atoms with Crippen molar-refractivity contribution in [3.05, 3.63) is 29.6 Å². The zero-order valence-electron chi connectivity index (χ0n) is 11.1. The van der Waals surface area contributed by atoms with Crippen LogP contribution >= 0.6 is 0 Å². The van der Waals surface area contributed by atoms with E-state index in [9.17, 15) is 9.59 Å². The number of hydrogen-bond acceptors (Lipinski definition) is 4. The Kier molecular flexibility index (Phi) is 4.33. The number of hydrogen-bond donors (Lipinski definition) is 2. The van der Waals surface area contributed by atoms with E-state index in [1.165, 1.54) is 6.20 Å². The summed E-state index contributed by atoms with van der Waals surface area (Å²) in [4.78, 5) is 29.2. The number of likely N-dealkylation sites (tertiary alicyclic amines) is 1. The van der Waals surface area contributed by atoms with Gasteiger partial charge in [-0.25, -0.2) is 4.98 Å². The Morgan fingerprint density at radius 2 is 2.40 bits per heavy atom. The van der Waals surface area contributed by atoms with Crippen molar-refractivity contribution in [3.8, 4) is 11.8 Å². The highest BCUT2D eigenvalue weighted by atomic mass is 16.2. The molecule has 0 saturated carbocycles. The van der Waals surface area contributed by atoms with Crippen LogP contribution in [0.5, 0.6) is 0 Å². The van der Waals surface area contributed by atoms with Gasteiger partial charge in [-0.3, -0.25) is 9.59 Å². The van der Waals surface area contributed by atoms with Gasteiger partial charge < -0.3 is 15.3 Å². The van der Waals surface area contributed by atoms with Gasteiger partial charge in [-0.1, -0.05) is 11.8 Å². The first-order chi connectivity index (χ1) is 9.61. The average Bonchev–Trinajstić information content (AvgIpc) is 2.77. The Morgan fingerprint density at radius 1 is 1.60 bits per heavy atom. The van der Waals surface area contributed by atoms with Gasteiger partial charge in [0.25, 0.3) is 5.91 Å². The lowest BCUT2D eigenvalue weighted by Crippen LogP contribution is -2.40. The second-order valence-corrected chi connectivity index (χ2v) is 4.47. The first-order valence-corrected chi connectivity index (χ1v) is 6.23. The number of nitrogens with one attached hydrogen (secondary N) is 1. The van der Waals surface area contributed by atoms with Gasteiger partial charge in [0, 0.05) is 25.4 Å². The third-order valence-electron chi connectivity index (χ3n) is 3.04. The molecule has 0 aromatic carbocycles. The normalized spacial score (nSPS) is 17.6. The van der Waals surface area contributed by atoms with Crippen molar-refractivity contribution < 1.29 is 14.7 Å². The number of aliphatic hydroxyl groups is 1. The van der Waals surface area contributed by atoms with E-state index < -0.39 is 6.04 Å². The molecule has 2 N–H and O–H groups in total. The molecule has 0 aliphatic carbocycles. The minimum atomic E-state index is -0.469. The van der Waals surface area contributed by atoms with Crippen LogP contribution in [-0.4, -0.2) is 53.0 Å². The summed E-state index contributed by atoms with van der Waals surface area (Å²) in [6, 6.07) is 2.72. The lowest BCUT2D eigenvalue weighted by molar-refractivity contribution is -0.128. The van der Waals surface area contributed by atoms with E-state index in [1.807, 2.05) is 0 Å². The molecule has 0 spiro atoms. The number of rotatable bonds is 2. The molecule has 1 atom stereocenters. The van der Waals surface area contributed by atoms with Crippen LogP contribution in [0, 0.1) is 11.8 Å². The number of pyridine rings is 1. The molecule has 1 aromatic heterocycles. The SMILES string of the molecule is CN1CCC(NC(=O)c2ccc(C#CCO)cn2)C1=O. The summed E-state index contributed by atoms with van der Waals surface area (Å²) < 4.78 is 0. The summed E-state index contributed by atoms with van der Waals surface area (Å²) in [5, 5.41) is 11.3. The van der Waals surface area contributed by atoms with Crippen LogP contribution < -0.4 is 5.32 Å². The summed E-state index contributed by atoms with van der Waals surface area (Å²) in [5.74, 6) is 4.73. The molecule has 104 valence electrons. The van der Waals surface area contributed by atoms with Gasteiger partial charge in [0.2, 0.25) is 5.91 Å². The van der Waals surface area contributed by atoms with Crippen molar-refractivity contribution in [1.82, 2.24) is 15.2 Å². The van der Waals surface area contributed by atoms with Crippen LogP contribution in [0.3, 0.4) is 0 Å². The predicted octanol–water partition coefficient (Wildman–Crippen LogP) is -0.614. The Hall–Kier alpha value is -2.39. The first-order valence-electron chi connectivity index (χ1n) is 6.23. The summed E-state index contributed by atoms with van der Waals surface area (Å²) in [7, 11) is 1.71. The van der Waals surface area contributed by atoms with Crippen molar-refractivity contribution in [1.29, 1.82) is 0 Å². The number of aliphatic hydroxyl groups excluding tert-OH is 1.